The predicted octanol–water partition coefficient (Wildman–Crippen LogP) is 5.12. The lowest BCUT2D eigenvalue weighted by Crippen LogP contribution is -2.32. The Kier molecular flexibility index (Phi) is 6.87. The van der Waals surface area contributed by atoms with Gasteiger partial charge in [0.1, 0.15) is 0 Å². The Hall–Kier alpha value is -2.86. The summed E-state index contributed by atoms with van der Waals surface area (Å²) in [5, 5.41) is 6.74. The summed E-state index contributed by atoms with van der Waals surface area (Å²) in [4.78, 5) is 0. The molecule has 6 nitrogen and oxygen atoms in total. The molecule has 0 spiro atoms. The van der Waals surface area contributed by atoms with Gasteiger partial charge in [-0.05, 0) is 48.6 Å². The quantitative estimate of drug-likeness (QED) is 0.293. The molecule has 0 atom stereocenters. The molecule has 0 unspecified atom stereocenters. The molecule has 8 heteroatoms. The van der Waals surface area contributed by atoms with Crippen molar-refractivity contribution in [3.63, 3.8) is 0 Å². The van der Waals surface area contributed by atoms with Crippen molar-refractivity contribution in [2.45, 2.75) is 0 Å². The SMILES string of the molecule is O=P1(OCCNC(=S)Nc2ccccc2)N(c2ccccc2)CCN1c1ccccc1. The zero-order valence-corrected chi connectivity index (χ0v) is 18.8. The number of benzene rings is 3. The Labute approximate surface area is 188 Å². The van der Waals surface area contributed by atoms with Crippen molar-refractivity contribution in [1.82, 2.24) is 5.32 Å². The summed E-state index contributed by atoms with van der Waals surface area (Å²) in [6.07, 6.45) is 0. The summed E-state index contributed by atoms with van der Waals surface area (Å²) in [7, 11) is -3.30. The maximum Gasteiger partial charge on any atom is 0.397 e. The van der Waals surface area contributed by atoms with Gasteiger partial charge in [-0.25, -0.2) is 4.57 Å². The van der Waals surface area contributed by atoms with Crippen molar-refractivity contribution in [1.29, 1.82) is 0 Å². The maximum atomic E-state index is 14.2. The highest BCUT2D eigenvalue weighted by molar-refractivity contribution is 7.80. The monoisotopic (exact) mass is 452 g/mol. The van der Waals surface area contributed by atoms with E-state index >= 15 is 0 Å². The fourth-order valence-corrected chi connectivity index (χ4v) is 6.11. The number of rotatable bonds is 7. The summed E-state index contributed by atoms with van der Waals surface area (Å²) < 4.78 is 24.0. The van der Waals surface area contributed by atoms with Crippen LogP contribution in [0.3, 0.4) is 0 Å². The summed E-state index contributed by atoms with van der Waals surface area (Å²) >= 11 is 5.34. The Morgan fingerprint density at radius 3 is 1.84 bits per heavy atom. The Morgan fingerprint density at radius 1 is 0.839 bits per heavy atom. The van der Waals surface area contributed by atoms with E-state index in [-0.39, 0.29) is 6.61 Å². The molecule has 1 saturated heterocycles. The molecule has 1 aliphatic rings. The molecule has 0 saturated carbocycles. The molecule has 1 heterocycles. The van der Waals surface area contributed by atoms with Crippen LogP contribution in [0, 0.1) is 0 Å². The second-order valence-electron chi connectivity index (χ2n) is 6.99. The van der Waals surface area contributed by atoms with Crippen LogP contribution in [0.5, 0.6) is 0 Å². The van der Waals surface area contributed by atoms with E-state index in [4.69, 9.17) is 16.7 Å². The van der Waals surface area contributed by atoms with Crippen molar-refractivity contribution >= 4 is 42.1 Å². The molecule has 3 aromatic rings. The highest BCUT2D eigenvalue weighted by atomic mass is 32.1. The van der Waals surface area contributed by atoms with Gasteiger partial charge < -0.3 is 10.6 Å². The minimum atomic E-state index is -3.30. The second kappa shape index (κ2) is 9.96. The van der Waals surface area contributed by atoms with Gasteiger partial charge in [0.15, 0.2) is 5.11 Å². The van der Waals surface area contributed by atoms with Crippen LogP contribution >= 0.6 is 19.9 Å². The van der Waals surface area contributed by atoms with E-state index in [0.29, 0.717) is 24.7 Å². The zero-order chi connectivity index (χ0) is 21.5. The van der Waals surface area contributed by atoms with E-state index in [1.54, 1.807) is 0 Å². The van der Waals surface area contributed by atoms with Crippen molar-refractivity contribution in [2.75, 3.05) is 40.9 Å². The van der Waals surface area contributed by atoms with E-state index < -0.39 is 7.67 Å². The minimum Gasteiger partial charge on any atom is -0.360 e. The molecule has 2 N–H and O–H groups in total. The van der Waals surface area contributed by atoms with E-state index in [0.717, 1.165) is 17.1 Å². The molecular formula is C23H25N4O2PS. The van der Waals surface area contributed by atoms with Crippen LogP contribution in [0.25, 0.3) is 0 Å². The van der Waals surface area contributed by atoms with Gasteiger partial charge in [-0.2, -0.15) is 0 Å². The number of nitrogens with zero attached hydrogens (tertiary/aromatic N) is 2. The molecule has 160 valence electrons. The second-order valence-corrected chi connectivity index (χ2v) is 9.60. The molecule has 0 aliphatic carbocycles. The van der Waals surface area contributed by atoms with E-state index in [1.165, 1.54) is 0 Å². The predicted molar refractivity (Wildman–Crippen MR) is 132 cm³/mol. The summed E-state index contributed by atoms with van der Waals surface area (Å²) in [6, 6.07) is 29.2. The Morgan fingerprint density at radius 2 is 1.32 bits per heavy atom. The number of hydrogen-bond acceptors (Lipinski definition) is 3. The molecule has 1 aliphatic heterocycles. The number of nitrogens with one attached hydrogen (secondary N) is 2. The van der Waals surface area contributed by atoms with Gasteiger partial charge in [0.2, 0.25) is 0 Å². The van der Waals surface area contributed by atoms with Crippen LogP contribution < -0.4 is 20.0 Å². The van der Waals surface area contributed by atoms with Crippen LogP contribution in [-0.4, -0.2) is 31.4 Å². The zero-order valence-electron chi connectivity index (χ0n) is 17.1. The number of thiocarbonyl (C=S) groups is 1. The molecule has 0 radical (unpaired) electrons. The average Bonchev–Trinajstić information content (AvgIpc) is 3.15. The highest BCUT2D eigenvalue weighted by Crippen LogP contribution is 2.60. The topological polar surface area (TPSA) is 56.8 Å². The first kappa shape index (κ1) is 21.4. The van der Waals surface area contributed by atoms with Crippen molar-refractivity contribution < 1.29 is 9.09 Å². The highest BCUT2D eigenvalue weighted by Gasteiger charge is 2.45. The third-order valence-electron chi connectivity index (χ3n) is 4.92. The van der Waals surface area contributed by atoms with E-state index in [2.05, 4.69) is 10.6 Å². The van der Waals surface area contributed by atoms with Crippen LogP contribution in [0.4, 0.5) is 17.1 Å². The van der Waals surface area contributed by atoms with Gasteiger partial charge in [0, 0.05) is 36.7 Å². The van der Waals surface area contributed by atoms with E-state index in [1.807, 2.05) is 100 Å². The van der Waals surface area contributed by atoms with Gasteiger partial charge >= 0.3 is 7.67 Å². The number of hydrogen-bond donors (Lipinski definition) is 2. The van der Waals surface area contributed by atoms with Gasteiger partial charge in [-0.3, -0.25) is 13.9 Å². The van der Waals surface area contributed by atoms with Crippen molar-refractivity contribution in [3.05, 3.63) is 91.0 Å². The van der Waals surface area contributed by atoms with Gasteiger partial charge in [-0.1, -0.05) is 54.6 Å². The van der Waals surface area contributed by atoms with Crippen LogP contribution in [-0.2, 0) is 9.09 Å². The first-order chi connectivity index (χ1) is 15.2. The number of para-hydroxylation sites is 3. The first-order valence-electron chi connectivity index (χ1n) is 10.2. The first-order valence-corrected chi connectivity index (χ1v) is 12.1. The smallest absolute Gasteiger partial charge is 0.360 e. The van der Waals surface area contributed by atoms with Gasteiger partial charge in [-0.15, -0.1) is 0 Å². The average molecular weight is 453 g/mol. The molecule has 0 amide bonds. The lowest BCUT2D eigenvalue weighted by atomic mass is 10.3. The lowest BCUT2D eigenvalue weighted by Gasteiger charge is -2.31. The molecule has 1 fully saturated rings. The van der Waals surface area contributed by atoms with Crippen LogP contribution in [0.1, 0.15) is 0 Å². The molecule has 0 bridgehead atoms. The summed E-state index contributed by atoms with van der Waals surface area (Å²) in [5.41, 5.74) is 2.69. The summed E-state index contributed by atoms with van der Waals surface area (Å²) in [5.74, 6) is 0. The molecular weight excluding hydrogens is 427 g/mol. The molecule has 3 aromatic carbocycles. The van der Waals surface area contributed by atoms with E-state index in [9.17, 15) is 4.57 Å². The fourth-order valence-electron chi connectivity index (χ4n) is 3.49. The van der Waals surface area contributed by atoms with Crippen molar-refractivity contribution in [3.8, 4) is 0 Å². The van der Waals surface area contributed by atoms with Crippen molar-refractivity contribution in [2.24, 2.45) is 0 Å². The third-order valence-corrected chi connectivity index (χ3v) is 7.77. The standard InChI is InChI=1S/C23H25N4O2PS/c28-30(29-19-16-24-23(31)25-20-10-4-1-5-11-20)26(21-12-6-2-7-13-21)17-18-27(30)22-14-8-3-9-15-22/h1-15H,16-19H2,(H2,24,25,31). The summed E-state index contributed by atoms with van der Waals surface area (Å²) in [6.45, 7) is 1.93. The Bertz CT molecular complexity index is 986. The third kappa shape index (κ3) is 5.07. The Balaban J connectivity index is 1.43. The fraction of sp³-hybridized carbons (Fsp3) is 0.174. The largest absolute Gasteiger partial charge is 0.397 e. The molecule has 4 rings (SSSR count). The van der Waals surface area contributed by atoms with Crippen LogP contribution in [0.2, 0.25) is 0 Å². The molecule has 31 heavy (non-hydrogen) atoms. The number of anilines is 3. The normalized spacial score (nSPS) is 15.0. The maximum absolute atomic E-state index is 14.2. The van der Waals surface area contributed by atoms with Gasteiger partial charge in [0.25, 0.3) is 0 Å². The molecule has 0 aromatic heterocycles. The van der Waals surface area contributed by atoms with Crippen LogP contribution in [0.15, 0.2) is 91.0 Å². The minimum absolute atomic E-state index is 0.251. The lowest BCUT2D eigenvalue weighted by molar-refractivity contribution is 0.318. The van der Waals surface area contributed by atoms with Gasteiger partial charge in [0.05, 0.1) is 6.61 Å².